The van der Waals surface area contributed by atoms with E-state index < -0.39 is 17.3 Å². The van der Waals surface area contributed by atoms with Crippen LogP contribution in [0.3, 0.4) is 0 Å². The highest BCUT2D eigenvalue weighted by atomic mass is 35.5. The molecule has 3 amide bonds. The Morgan fingerprint density at radius 1 is 1.36 bits per heavy atom. The summed E-state index contributed by atoms with van der Waals surface area (Å²) in [6, 6.07) is 3.75. The van der Waals surface area contributed by atoms with E-state index in [0.29, 0.717) is 23.5 Å². The lowest BCUT2D eigenvalue weighted by Gasteiger charge is -2.36. The molecule has 0 bridgehead atoms. The molecule has 28 heavy (non-hydrogen) atoms. The summed E-state index contributed by atoms with van der Waals surface area (Å²) in [5, 5.41) is 7.37. The first-order valence-corrected chi connectivity index (χ1v) is 9.29. The Balaban J connectivity index is 2.04. The number of benzene rings is 1. The normalized spacial score (nSPS) is 16.6. The minimum Gasteiger partial charge on any atom is -0.365 e. The van der Waals surface area contributed by atoms with Gasteiger partial charge in [-0.2, -0.15) is 5.10 Å². The van der Waals surface area contributed by atoms with Crippen molar-refractivity contribution in [2.45, 2.75) is 52.4 Å². The second-order valence-electron chi connectivity index (χ2n) is 8.00. The molecule has 1 aliphatic heterocycles. The lowest BCUT2D eigenvalue weighted by Crippen LogP contribution is -2.53. The van der Waals surface area contributed by atoms with Gasteiger partial charge >= 0.3 is 6.03 Å². The molecule has 3 N–H and O–H groups in total. The highest BCUT2D eigenvalue weighted by Gasteiger charge is 2.34. The number of carbonyl (C=O) groups is 2. The van der Waals surface area contributed by atoms with Crippen molar-refractivity contribution in [1.29, 1.82) is 0 Å². The molecule has 1 aliphatic rings. The van der Waals surface area contributed by atoms with Crippen LogP contribution in [0.15, 0.2) is 18.2 Å². The van der Waals surface area contributed by atoms with Crippen molar-refractivity contribution < 1.29 is 14.0 Å². The number of nitrogens with zero attached hydrogens (tertiary/aromatic N) is 3. The van der Waals surface area contributed by atoms with Crippen LogP contribution in [0.25, 0.3) is 11.3 Å². The van der Waals surface area contributed by atoms with Crippen molar-refractivity contribution >= 4 is 23.5 Å². The molecule has 1 atom stereocenters. The molecule has 0 radical (unpaired) electrons. The van der Waals surface area contributed by atoms with Crippen molar-refractivity contribution in [2.24, 2.45) is 5.73 Å². The average Bonchev–Trinajstić information content (AvgIpc) is 2.93. The quantitative estimate of drug-likeness (QED) is 0.800. The molecular weight excluding hydrogens is 385 g/mol. The molecular formula is C19H23ClFN5O2. The van der Waals surface area contributed by atoms with Gasteiger partial charge in [-0.25, -0.2) is 9.18 Å². The van der Waals surface area contributed by atoms with Crippen molar-refractivity contribution in [3.8, 4) is 11.3 Å². The van der Waals surface area contributed by atoms with E-state index in [1.54, 1.807) is 9.58 Å². The van der Waals surface area contributed by atoms with Crippen LogP contribution in [0.2, 0.25) is 5.02 Å². The van der Waals surface area contributed by atoms with E-state index in [1.807, 2.05) is 27.7 Å². The number of halogens is 2. The minimum absolute atomic E-state index is 0.0709. The van der Waals surface area contributed by atoms with Crippen molar-refractivity contribution in [2.75, 3.05) is 0 Å². The molecule has 2 aromatic rings. The Labute approximate surface area is 167 Å². The Bertz CT molecular complexity index is 951. The van der Waals surface area contributed by atoms with Crippen LogP contribution in [0.4, 0.5) is 9.18 Å². The van der Waals surface area contributed by atoms with Crippen LogP contribution < -0.4 is 11.1 Å². The summed E-state index contributed by atoms with van der Waals surface area (Å²) in [7, 11) is 0. The predicted molar refractivity (Wildman–Crippen MR) is 104 cm³/mol. The zero-order chi connectivity index (χ0) is 20.8. The van der Waals surface area contributed by atoms with Gasteiger partial charge in [0.15, 0.2) is 0 Å². The summed E-state index contributed by atoms with van der Waals surface area (Å²) in [6.45, 7) is 8.19. The van der Waals surface area contributed by atoms with Gasteiger partial charge < -0.3 is 16.0 Å². The number of fused-ring (bicyclic) bond motifs is 1. The third-order valence-electron chi connectivity index (χ3n) is 4.53. The first-order valence-electron chi connectivity index (χ1n) is 8.91. The van der Waals surface area contributed by atoms with Gasteiger partial charge in [-0.05, 0) is 45.9 Å². The van der Waals surface area contributed by atoms with E-state index in [4.69, 9.17) is 17.3 Å². The lowest BCUT2D eigenvalue weighted by molar-refractivity contribution is 0.0993. The van der Waals surface area contributed by atoms with Gasteiger partial charge in [0.2, 0.25) is 0 Å². The largest absolute Gasteiger partial charge is 0.365 e. The summed E-state index contributed by atoms with van der Waals surface area (Å²) < 4.78 is 15.2. The monoisotopic (exact) mass is 407 g/mol. The van der Waals surface area contributed by atoms with Gasteiger partial charge in [0.1, 0.15) is 11.5 Å². The van der Waals surface area contributed by atoms with Crippen molar-refractivity contribution in [3.05, 3.63) is 40.3 Å². The van der Waals surface area contributed by atoms with Gasteiger partial charge in [0.25, 0.3) is 5.91 Å². The Hall–Kier alpha value is -2.61. The lowest BCUT2D eigenvalue weighted by atomic mass is 10.0. The molecule has 1 aromatic heterocycles. The average molecular weight is 408 g/mol. The van der Waals surface area contributed by atoms with Crippen LogP contribution in [0.1, 0.15) is 43.7 Å². The molecule has 1 unspecified atom stereocenters. The zero-order valence-electron chi connectivity index (χ0n) is 16.2. The van der Waals surface area contributed by atoms with E-state index in [2.05, 4.69) is 10.4 Å². The van der Waals surface area contributed by atoms with Gasteiger partial charge in [0.05, 0.1) is 35.4 Å². The SMILES string of the molecule is CC1Cn2nc(-c3ccc(F)c(Cl)c3)c(C(N)=O)c2CN1C(=O)NC(C)(C)C. The maximum atomic E-state index is 13.5. The summed E-state index contributed by atoms with van der Waals surface area (Å²) in [6.07, 6.45) is 0. The van der Waals surface area contributed by atoms with Gasteiger partial charge in [-0.1, -0.05) is 11.6 Å². The number of hydrogen-bond acceptors (Lipinski definition) is 3. The number of urea groups is 1. The zero-order valence-corrected chi connectivity index (χ0v) is 17.0. The molecule has 9 heteroatoms. The maximum Gasteiger partial charge on any atom is 0.318 e. The fraction of sp³-hybridized carbons (Fsp3) is 0.421. The number of rotatable bonds is 2. The van der Waals surface area contributed by atoms with Crippen LogP contribution >= 0.6 is 11.6 Å². The molecule has 7 nitrogen and oxygen atoms in total. The third kappa shape index (κ3) is 3.82. The fourth-order valence-corrected chi connectivity index (χ4v) is 3.42. The molecule has 3 rings (SSSR count). The van der Waals surface area contributed by atoms with Gasteiger partial charge in [-0.15, -0.1) is 0 Å². The first kappa shape index (κ1) is 20.1. The van der Waals surface area contributed by atoms with Gasteiger partial charge in [0, 0.05) is 11.1 Å². The number of nitrogens with two attached hydrogens (primary N) is 1. The predicted octanol–water partition coefficient (Wildman–Crippen LogP) is 3.15. The summed E-state index contributed by atoms with van der Waals surface area (Å²) >= 11 is 5.88. The number of hydrogen-bond donors (Lipinski definition) is 2. The third-order valence-corrected chi connectivity index (χ3v) is 4.82. The second-order valence-corrected chi connectivity index (χ2v) is 8.41. The number of primary amides is 1. The van der Waals surface area contributed by atoms with Crippen LogP contribution in [0.5, 0.6) is 0 Å². The van der Waals surface area contributed by atoms with Crippen molar-refractivity contribution in [1.82, 2.24) is 20.0 Å². The second kappa shape index (κ2) is 7.09. The molecule has 150 valence electrons. The van der Waals surface area contributed by atoms with E-state index in [0.717, 1.165) is 0 Å². The summed E-state index contributed by atoms with van der Waals surface area (Å²) in [5.41, 5.74) is 6.81. The number of aromatic nitrogens is 2. The number of carbonyl (C=O) groups excluding carboxylic acids is 2. The fourth-order valence-electron chi connectivity index (χ4n) is 3.24. The molecule has 1 aromatic carbocycles. The molecule has 0 saturated carbocycles. The first-order chi connectivity index (χ1) is 13.0. The molecule has 2 heterocycles. The molecule has 0 aliphatic carbocycles. The Morgan fingerprint density at radius 2 is 2.04 bits per heavy atom. The number of nitrogens with one attached hydrogen (secondary N) is 1. The van der Waals surface area contributed by atoms with E-state index >= 15 is 0 Å². The summed E-state index contributed by atoms with van der Waals surface area (Å²) in [4.78, 5) is 26.5. The molecule has 0 saturated heterocycles. The van der Waals surface area contributed by atoms with Crippen LogP contribution in [0, 0.1) is 5.82 Å². The molecule has 0 fully saturated rings. The van der Waals surface area contributed by atoms with Crippen molar-refractivity contribution in [3.63, 3.8) is 0 Å². The highest BCUT2D eigenvalue weighted by molar-refractivity contribution is 6.31. The minimum atomic E-state index is -0.664. The van der Waals surface area contributed by atoms with Gasteiger partial charge in [-0.3, -0.25) is 9.48 Å². The number of amides is 3. The summed E-state index contributed by atoms with van der Waals surface area (Å²) in [5.74, 6) is -1.23. The topological polar surface area (TPSA) is 93.2 Å². The standard InChI is InChI=1S/C19H23ClFN5O2/c1-10-8-26-14(9-25(10)18(28)23-19(2,3)4)15(17(22)27)16(24-26)11-5-6-13(21)12(20)7-11/h5-7,10H,8-9H2,1-4H3,(H2,22,27)(H,23,28). The highest BCUT2D eigenvalue weighted by Crippen LogP contribution is 2.31. The van der Waals surface area contributed by atoms with Crippen LogP contribution in [-0.4, -0.2) is 38.2 Å². The van der Waals surface area contributed by atoms with E-state index in [-0.39, 0.29) is 29.2 Å². The Kier molecular flexibility index (Phi) is 5.10. The van der Waals surface area contributed by atoms with E-state index in [9.17, 15) is 14.0 Å². The maximum absolute atomic E-state index is 13.5. The smallest absolute Gasteiger partial charge is 0.318 e. The van der Waals surface area contributed by atoms with E-state index in [1.165, 1.54) is 18.2 Å². The molecule has 0 spiro atoms. The van der Waals surface area contributed by atoms with Crippen LogP contribution in [-0.2, 0) is 13.1 Å². The Morgan fingerprint density at radius 3 is 2.61 bits per heavy atom.